The molecule has 0 radical (unpaired) electrons. The lowest BCUT2D eigenvalue weighted by Gasteiger charge is -2.10. The molecule has 33 heavy (non-hydrogen) atoms. The maximum atomic E-state index is 12.6. The number of rotatable bonds is 8. The van der Waals surface area contributed by atoms with Crippen LogP contribution >= 0.6 is 0 Å². The first-order valence-corrected chi connectivity index (χ1v) is 10.1. The summed E-state index contributed by atoms with van der Waals surface area (Å²) in [5.74, 6) is -0.331. The molecule has 0 aliphatic carbocycles. The fourth-order valence-corrected chi connectivity index (χ4v) is 3.15. The van der Waals surface area contributed by atoms with Crippen molar-refractivity contribution in [1.29, 1.82) is 10.5 Å². The molecule has 3 aromatic rings. The molecule has 1 aliphatic heterocycles. The summed E-state index contributed by atoms with van der Waals surface area (Å²) in [6, 6.07) is 22.7. The Morgan fingerprint density at radius 1 is 0.909 bits per heavy atom. The second kappa shape index (κ2) is 9.99. The molecule has 1 aliphatic rings. The van der Waals surface area contributed by atoms with Gasteiger partial charge in [0.2, 0.25) is 5.76 Å². The Labute approximate surface area is 190 Å². The fourth-order valence-electron chi connectivity index (χ4n) is 3.15. The van der Waals surface area contributed by atoms with E-state index >= 15 is 0 Å². The van der Waals surface area contributed by atoms with Crippen LogP contribution < -0.4 is 0 Å². The number of nitriles is 2. The van der Waals surface area contributed by atoms with Gasteiger partial charge in [0.15, 0.2) is 17.1 Å². The van der Waals surface area contributed by atoms with Crippen molar-refractivity contribution in [2.75, 3.05) is 0 Å². The molecular weight excluding hydrogens is 420 g/mol. The highest BCUT2D eigenvalue weighted by molar-refractivity contribution is 5.91. The van der Waals surface area contributed by atoms with Gasteiger partial charge in [-0.3, -0.25) is 0 Å². The van der Waals surface area contributed by atoms with Gasteiger partial charge < -0.3 is 18.8 Å². The molecule has 0 amide bonds. The van der Waals surface area contributed by atoms with Crippen LogP contribution in [0.15, 0.2) is 90.3 Å². The molecule has 8 nitrogen and oxygen atoms in total. The molecule has 0 fully saturated rings. The number of hydrogen-bond donors (Lipinski definition) is 0. The van der Waals surface area contributed by atoms with E-state index in [9.17, 15) is 10.1 Å². The van der Waals surface area contributed by atoms with Crippen molar-refractivity contribution in [2.45, 2.75) is 19.8 Å². The van der Waals surface area contributed by atoms with E-state index in [2.05, 4.69) is 4.98 Å². The first kappa shape index (κ1) is 21.4. The van der Waals surface area contributed by atoms with Crippen molar-refractivity contribution >= 4 is 5.97 Å². The summed E-state index contributed by atoms with van der Waals surface area (Å²) in [6.45, 7) is 0.516. The monoisotopic (exact) mass is 438 g/mol. The summed E-state index contributed by atoms with van der Waals surface area (Å²) in [5.41, 5.74) is 1.95. The van der Waals surface area contributed by atoms with Crippen LogP contribution in [0.3, 0.4) is 0 Å². The molecule has 2 heterocycles. The highest BCUT2D eigenvalue weighted by Gasteiger charge is 2.34. The van der Waals surface area contributed by atoms with E-state index in [4.69, 9.17) is 19.5 Å². The Kier molecular flexibility index (Phi) is 6.48. The number of allylic oxidation sites excluding steroid dienone is 1. The van der Waals surface area contributed by atoms with Crippen molar-refractivity contribution in [3.63, 3.8) is 0 Å². The van der Waals surface area contributed by atoms with Crippen LogP contribution in [0.5, 0.6) is 0 Å². The molecular formula is C25H18N4O4. The summed E-state index contributed by atoms with van der Waals surface area (Å²) in [6.07, 6.45) is 2.97. The lowest BCUT2D eigenvalue weighted by Crippen LogP contribution is -2.04. The molecule has 8 heteroatoms. The second-order valence-corrected chi connectivity index (χ2v) is 6.98. The number of hydrogen-bond acceptors (Lipinski definition) is 7. The Balaban J connectivity index is 1.60. The second-order valence-electron chi connectivity index (χ2n) is 6.98. The Morgan fingerprint density at radius 3 is 2.09 bits per heavy atom. The van der Waals surface area contributed by atoms with Gasteiger partial charge in [0.05, 0.1) is 6.33 Å². The summed E-state index contributed by atoms with van der Waals surface area (Å²) in [5, 5.41) is 18.4. The van der Waals surface area contributed by atoms with E-state index in [0.717, 1.165) is 11.1 Å². The number of nitrogens with zero attached hydrogens (tertiary/aromatic N) is 4. The van der Waals surface area contributed by atoms with Crippen molar-refractivity contribution in [2.24, 2.45) is 0 Å². The highest BCUT2D eigenvalue weighted by atomic mass is 16.6. The number of benzene rings is 2. The zero-order valence-corrected chi connectivity index (χ0v) is 17.5. The summed E-state index contributed by atoms with van der Waals surface area (Å²) in [7, 11) is 0. The summed E-state index contributed by atoms with van der Waals surface area (Å²) in [4.78, 5) is 16.5. The lowest BCUT2D eigenvalue weighted by atomic mass is 10.2. The molecule has 1 aromatic heterocycles. The number of carbonyl (C=O) groups excluding carboxylic acids is 1. The van der Waals surface area contributed by atoms with Crippen LogP contribution in [0.4, 0.5) is 0 Å². The van der Waals surface area contributed by atoms with Gasteiger partial charge >= 0.3 is 5.97 Å². The quantitative estimate of drug-likeness (QED) is 0.493. The van der Waals surface area contributed by atoms with Gasteiger partial charge in [-0.1, -0.05) is 60.7 Å². The average Bonchev–Trinajstić information content (AvgIpc) is 3.40. The number of aromatic nitrogens is 2. The van der Waals surface area contributed by atoms with E-state index in [0.29, 0.717) is 0 Å². The van der Waals surface area contributed by atoms with Gasteiger partial charge in [-0.15, -0.1) is 0 Å². The van der Waals surface area contributed by atoms with Crippen molar-refractivity contribution in [3.05, 3.63) is 113 Å². The number of imidazole rings is 1. The third-order valence-corrected chi connectivity index (χ3v) is 4.79. The largest absolute Gasteiger partial charge is 0.481 e. The van der Waals surface area contributed by atoms with E-state index in [1.54, 1.807) is 6.08 Å². The van der Waals surface area contributed by atoms with Gasteiger partial charge in [-0.25, -0.2) is 9.78 Å². The zero-order chi connectivity index (χ0) is 23.0. The van der Waals surface area contributed by atoms with Crippen LogP contribution in [0.25, 0.3) is 0 Å². The Morgan fingerprint density at radius 2 is 1.52 bits per heavy atom. The normalized spacial score (nSPS) is 14.0. The van der Waals surface area contributed by atoms with E-state index in [-0.39, 0.29) is 48.4 Å². The zero-order valence-electron chi connectivity index (χ0n) is 17.5. The molecule has 0 saturated heterocycles. The van der Waals surface area contributed by atoms with Crippen LogP contribution in [0, 0.1) is 22.7 Å². The van der Waals surface area contributed by atoms with Gasteiger partial charge in [0, 0.05) is 6.54 Å². The maximum absolute atomic E-state index is 12.6. The SMILES string of the molecule is N#Cc1ncn(C/C=C2/OC(=O)C(OCc3ccccc3)=C2OCc2ccccc2)c1C#N. The molecule has 4 rings (SSSR count). The van der Waals surface area contributed by atoms with E-state index in [1.165, 1.54) is 10.9 Å². The van der Waals surface area contributed by atoms with Crippen molar-refractivity contribution in [1.82, 2.24) is 9.55 Å². The number of esters is 1. The van der Waals surface area contributed by atoms with Crippen LogP contribution in [0.1, 0.15) is 22.5 Å². The van der Waals surface area contributed by atoms with Crippen molar-refractivity contribution < 1.29 is 19.0 Å². The van der Waals surface area contributed by atoms with E-state index in [1.807, 2.05) is 72.8 Å². The van der Waals surface area contributed by atoms with Gasteiger partial charge in [0.25, 0.3) is 5.76 Å². The topological polar surface area (TPSA) is 110 Å². The minimum Gasteiger partial charge on any atom is -0.481 e. The maximum Gasteiger partial charge on any atom is 0.383 e. The predicted molar refractivity (Wildman–Crippen MR) is 115 cm³/mol. The number of carbonyl (C=O) groups is 1. The third kappa shape index (κ3) is 4.92. The molecule has 0 spiro atoms. The summed E-state index contributed by atoms with van der Waals surface area (Å²) >= 11 is 0. The van der Waals surface area contributed by atoms with Crippen LogP contribution in [0.2, 0.25) is 0 Å². The predicted octanol–water partition coefficient (Wildman–Crippen LogP) is 3.71. The molecule has 0 saturated carbocycles. The minimum atomic E-state index is -0.663. The molecule has 0 bridgehead atoms. The molecule has 162 valence electrons. The number of ether oxygens (including phenoxy) is 3. The molecule has 0 unspecified atom stereocenters. The third-order valence-electron chi connectivity index (χ3n) is 4.79. The van der Waals surface area contributed by atoms with Crippen LogP contribution in [-0.4, -0.2) is 15.5 Å². The van der Waals surface area contributed by atoms with Gasteiger partial charge in [0.1, 0.15) is 25.4 Å². The molecule has 0 atom stereocenters. The number of cyclic esters (lactones) is 1. The Hall–Kier alpha value is -4.82. The molecule has 2 aromatic carbocycles. The van der Waals surface area contributed by atoms with Gasteiger partial charge in [-0.05, 0) is 17.2 Å². The van der Waals surface area contributed by atoms with Crippen molar-refractivity contribution in [3.8, 4) is 12.1 Å². The highest BCUT2D eigenvalue weighted by Crippen LogP contribution is 2.30. The first-order valence-electron chi connectivity index (χ1n) is 10.1. The smallest absolute Gasteiger partial charge is 0.383 e. The van der Waals surface area contributed by atoms with Gasteiger partial charge in [-0.2, -0.15) is 10.5 Å². The lowest BCUT2D eigenvalue weighted by molar-refractivity contribution is -0.136. The van der Waals surface area contributed by atoms with E-state index < -0.39 is 5.97 Å². The molecule has 0 N–H and O–H groups in total. The summed E-state index contributed by atoms with van der Waals surface area (Å²) < 4.78 is 18.6. The minimum absolute atomic E-state index is 0.0233. The average molecular weight is 438 g/mol. The fraction of sp³-hybridized carbons (Fsp3) is 0.120. The Bertz CT molecular complexity index is 1300. The first-order chi connectivity index (χ1) is 16.2. The van der Waals surface area contributed by atoms with Crippen LogP contribution in [-0.2, 0) is 38.8 Å². The standard InChI is InChI=1S/C25H18N4O4/c26-13-20-21(14-27)29(17-28-20)12-11-22-23(31-15-18-7-3-1-4-8-18)24(25(30)33-22)32-16-19-9-5-2-6-10-19/h1-11,17H,12,15-16H2/b22-11+.